The Balaban J connectivity index is 1.62. The van der Waals surface area contributed by atoms with Crippen LogP contribution in [0.3, 0.4) is 0 Å². The maximum absolute atomic E-state index is 6.03. The van der Waals surface area contributed by atoms with Crippen molar-refractivity contribution in [1.82, 2.24) is 35.4 Å². The molecule has 0 bridgehead atoms. The zero-order valence-corrected chi connectivity index (χ0v) is 22.8. The van der Waals surface area contributed by atoms with Gasteiger partial charge >= 0.3 is 0 Å². The van der Waals surface area contributed by atoms with Gasteiger partial charge in [0.15, 0.2) is 5.82 Å². The Kier molecular flexibility index (Phi) is 8.14. The van der Waals surface area contributed by atoms with E-state index in [1.807, 2.05) is 50.6 Å². The van der Waals surface area contributed by atoms with Crippen molar-refractivity contribution in [3.8, 4) is 22.5 Å². The normalized spacial score (nSPS) is 12.3. The Morgan fingerprint density at radius 1 is 0.892 bits per heavy atom. The lowest BCUT2D eigenvalue weighted by Gasteiger charge is -2.21. The van der Waals surface area contributed by atoms with Crippen LogP contribution in [0, 0.1) is 5.41 Å². The second kappa shape index (κ2) is 11.3. The Bertz CT molecular complexity index is 1260. The van der Waals surface area contributed by atoms with Crippen LogP contribution in [0.1, 0.15) is 72.0 Å². The summed E-state index contributed by atoms with van der Waals surface area (Å²) in [6.45, 7) is 15.3. The summed E-state index contributed by atoms with van der Waals surface area (Å²) >= 11 is 0. The molecule has 0 radical (unpaired) electrons. The molecule has 0 aliphatic carbocycles. The number of ether oxygens (including phenoxy) is 2. The van der Waals surface area contributed by atoms with Gasteiger partial charge in [-0.05, 0) is 60.2 Å². The third-order valence-electron chi connectivity index (χ3n) is 5.55. The number of hydrogen-bond acceptors (Lipinski definition) is 7. The van der Waals surface area contributed by atoms with Crippen LogP contribution in [0.2, 0.25) is 0 Å². The van der Waals surface area contributed by atoms with Crippen molar-refractivity contribution >= 4 is 0 Å². The van der Waals surface area contributed by atoms with Gasteiger partial charge in [0.2, 0.25) is 12.1 Å². The molecule has 2 heterocycles. The lowest BCUT2D eigenvalue weighted by molar-refractivity contribution is -0.189. The average molecular weight is 504 g/mol. The van der Waals surface area contributed by atoms with Gasteiger partial charge in [-0.2, -0.15) is 5.10 Å². The predicted molar refractivity (Wildman–Crippen MR) is 143 cm³/mol. The summed E-state index contributed by atoms with van der Waals surface area (Å²) in [7, 11) is 0. The second-order valence-corrected chi connectivity index (χ2v) is 11.0. The largest absolute Gasteiger partial charge is 0.343 e. The van der Waals surface area contributed by atoms with Gasteiger partial charge < -0.3 is 9.47 Å². The minimum absolute atomic E-state index is 0.00933. The molecule has 0 spiro atoms. The monoisotopic (exact) mass is 503 g/mol. The van der Waals surface area contributed by atoms with Crippen LogP contribution in [0.15, 0.2) is 48.5 Å². The molecule has 2 aromatic carbocycles. The first-order chi connectivity index (χ1) is 17.6. The van der Waals surface area contributed by atoms with Crippen molar-refractivity contribution in [2.75, 3.05) is 0 Å². The molecule has 37 heavy (non-hydrogen) atoms. The second-order valence-electron chi connectivity index (χ2n) is 11.0. The molecular formula is C28H37N7O2. The summed E-state index contributed by atoms with van der Waals surface area (Å²) < 4.78 is 14.0. The van der Waals surface area contributed by atoms with Crippen LogP contribution in [-0.4, -0.2) is 47.6 Å². The highest BCUT2D eigenvalue weighted by Gasteiger charge is 2.25. The van der Waals surface area contributed by atoms with Crippen LogP contribution >= 0.6 is 0 Å². The van der Waals surface area contributed by atoms with Crippen molar-refractivity contribution in [3.05, 3.63) is 65.7 Å². The van der Waals surface area contributed by atoms with E-state index in [4.69, 9.17) is 19.6 Å². The Morgan fingerprint density at radius 2 is 1.54 bits per heavy atom. The van der Waals surface area contributed by atoms with Crippen molar-refractivity contribution < 1.29 is 9.47 Å². The van der Waals surface area contributed by atoms with Crippen LogP contribution in [0.5, 0.6) is 0 Å². The number of H-pyrrole nitrogens is 1. The fraction of sp³-hybridized carbons (Fsp3) is 0.464. The molecule has 9 nitrogen and oxygen atoms in total. The highest BCUT2D eigenvalue weighted by molar-refractivity contribution is 5.80. The van der Waals surface area contributed by atoms with E-state index >= 15 is 0 Å². The van der Waals surface area contributed by atoms with Gasteiger partial charge in [-0.3, -0.25) is 0 Å². The Morgan fingerprint density at radius 3 is 2.11 bits per heavy atom. The number of nitrogens with one attached hydrogen (secondary N) is 1. The Labute approximate surface area is 218 Å². The lowest BCUT2D eigenvalue weighted by atomic mass is 9.96. The highest BCUT2D eigenvalue weighted by atomic mass is 16.7. The molecule has 4 rings (SSSR count). The smallest absolute Gasteiger partial charge is 0.221 e. The van der Waals surface area contributed by atoms with Gasteiger partial charge in [-0.15, -0.1) is 5.10 Å². The number of nitrogens with zero attached hydrogens (tertiary/aromatic N) is 6. The molecule has 196 valence electrons. The summed E-state index contributed by atoms with van der Waals surface area (Å²) in [4.78, 5) is 4.90. The third-order valence-corrected chi connectivity index (χ3v) is 5.55. The molecule has 0 unspecified atom stereocenters. The van der Waals surface area contributed by atoms with Crippen LogP contribution in [0.4, 0.5) is 0 Å². The standard InChI is InChI=1S/C28H37N7O2/c1-18(2)36-27(37-19(3)4)26-29-24(35(32-26)17-28(5,6)7)16-20-12-14-21(15-13-20)22-10-8-9-11-23(22)25-30-33-34-31-25/h8-15,18-19,27H,16-17H2,1-7H3,(H,30,31,33,34). The summed E-state index contributed by atoms with van der Waals surface area (Å²) in [5, 5.41) is 19.2. The van der Waals surface area contributed by atoms with Crippen molar-refractivity contribution in [2.24, 2.45) is 5.41 Å². The van der Waals surface area contributed by atoms with Crippen molar-refractivity contribution in [2.45, 2.75) is 79.9 Å². The van der Waals surface area contributed by atoms with E-state index in [1.54, 1.807) is 0 Å². The molecule has 1 N–H and O–H groups in total. The summed E-state index contributed by atoms with van der Waals surface area (Å²) in [5.41, 5.74) is 4.28. The van der Waals surface area contributed by atoms with E-state index in [9.17, 15) is 0 Å². The molecule has 0 aliphatic heterocycles. The fourth-order valence-corrected chi connectivity index (χ4v) is 4.05. The quantitative estimate of drug-likeness (QED) is 0.281. The van der Waals surface area contributed by atoms with E-state index in [-0.39, 0.29) is 17.6 Å². The minimum atomic E-state index is -0.607. The number of tetrazole rings is 1. The zero-order chi connectivity index (χ0) is 26.6. The number of hydrogen-bond donors (Lipinski definition) is 1. The lowest BCUT2D eigenvalue weighted by Crippen LogP contribution is -2.20. The molecule has 4 aromatic rings. The number of aromatic nitrogens is 7. The van der Waals surface area contributed by atoms with Crippen LogP contribution in [0.25, 0.3) is 22.5 Å². The van der Waals surface area contributed by atoms with E-state index < -0.39 is 6.29 Å². The first-order valence-electron chi connectivity index (χ1n) is 12.8. The highest BCUT2D eigenvalue weighted by Crippen LogP contribution is 2.30. The first kappa shape index (κ1) is 26.6. The van der Waals surface area contributed by atoms with Crippen LogP contribution in [-0.2, 0) is 22.4 Å². The maximum Gasteiger partial charge on any atom is 0.221 e. The van der Waals surface area contributed by atoms with Gasteiger partial charge in [0.25, 0.3) is 0 Å². The maximum atomic E-state index is 6.03. The molecule has 2 aromatic heterocycles. The van der Waals surface area contributed by atoms with E-state index in [0.717, 1.165) is 34.6 Å². The molecule has 9 heteroatoms. The van der Waals surface area contributed by atoms with Gasteiger partial charge in [0, 0.05) is 18.5 Å². The minimum Gasteiger partial charge on any atom is -0.343 e. The SMILES string of the molecule is CC(C)OC(OC(C)C)c1nc(Cc2ccc(-c3ccccc3-c3nnn[nH]3)cc2)n(CC(C)(C)C)n1. The number of benzene rings is 2. The zero-order valence-electron chi connectivity index (χ0n) is 22.8. The van der Waals surface area contributed by atoms with E-state index in [0.29, 0.717) is 18.1 Å². The molecule has 0 fully saturated rings. The molecular weight excluding hydrogens is 466 g/mol. The Hall–Kier alpha value is -3.43. The molecule has 0 aliphatic rings. The molecule has 0 saturated carbocycles. The van der Waals surface area contributed by atoms with E-state index in [2.05, 4.69) is 71.7 Å². The molecule has 0 amide bonds. The van der Waals surface area contributed by atoms with Crippen molar-refractivity contribution in [1.29, 1.82) is 0 Å². The van der Waals surface area contributed by atoms with Crippen molar-refractivity contribution in [3.63, 3.8) is 0 Å². The number of rotatable bonds is 10. The predicted octanol–water partition coefficient (Wildman–Crippen LogP) is 5.61. The van der Waals surface area contributed by atoms with Gasteiger partial charge in [0.05, 0.1) is 12.2 Å². The topological polar surface area (TPSA) is 104 Å². The van der Waals surface area contributed by atoms with Crippen LogP contribution < -0.4 is 0 Å². The van der Waals surface area contributed by atoms with Gasteiger partial charge in [-0.25, -0.2) is 14.8 Å². The summed E-state index contributed by atoms with van der Waals surface area (Å²) in [5.74, 6) is 2.09. The third kappa shape index (κ3) is 7.08. The average Bonchev–Trinajstić information content (AvgIpc) is 3.48. The van der Waals surface area contributed by atoms with E-state index in [1.165, 1.54) is 0 Å². The summed E-state index contributed by atoms with van der Waals surface area (Å²) in [6.07, 6.45) is 0.0203. The fourth-order valence-electron chi connectivity index (χ4n) is 4.05. The molecule has 0 atom stereocenters. The first-order valence-corrected chi connectivity index (χ1v) is 12.8. The van der Waals surface area contributed by atoms with Gasteiger partial charge in [-0.1, -0.05) is 69.3 Å². The molecule has 0 saturated heterocycles. The van der Waals surface area contributed by atoms with Gasteiger partial charge in [0.1, 0.15) is 5.82 Å². The summed E-state index contributed by atoms with van der Waals surface area (Å²) in [6, 6.07) is 16.6. The number of aromatic amines is 1.